The van der Waals surface area contributed by atoms with Gasteiger partial charge in [-0.25, -0.2) is 0 Å². The van der Waals surface area contributed by atoms with Gasteiger partial charge in [-0.05, 0) is 255 Å². The lowest BCUT2D eigenvalue weighted by molar-refractivity contribution is 0.129. The van der Waals surface area contributed by atoms with Crippen LogP contribution in [0.5, 0.6) is 0 Å². The molecule has 16 aromatic carbocycles. The van der Waals surface area contributed by atoms with Crippen LogP contribution in [0.4, 0.5) is 0 Å². The molecule has 0 spiro atoms. The highest BCUT2D eigenvalue weighted by atomic mass is 15.3. The molecule has 0 radical (unpaired) electrons. The zero-order valence-electron chi connectivity index (χ0n) is 53.5. The van der Waals surface area contributed by atoms with Gasteiger partial charge in [0.05, 0.1) is 0 Å². The Balaban J connectivity index is 0.608. The predicted molar refractivity (Wildman–Crippen MR) is 398 cm³/mol. The zero-order valence-corrected chi connectivity index (χ0v) is 53.5. The highest BCUT2D eigenvalue weighted by molar-refractivity contribution is 6.27. The van der Waals surface area contributed by atoms with Crippen molar-refractivity contribution in [2.24, 2.45) is 0 Å². The van der Waals surface area contributed by atoms with Crippen molar-refractivity contribution in [2.75, 3.05) is 78.5 Å². The van der Waals surface area contributed by atoms with Gasteiger partial charge in [-0.3, -0.25) is 0 Å². The van der Waals surface area contributed by atoms with Gasteiger partial charge in [0.15, 0.2) is 0 Å². The van der Waals surface area contributed by atoms with Crippen LogP contribution in [0, 0.1) is 0 Å². The molecule has 1 aliphatic rings. The molecule has 0 aliphatic carbocycles. The van der Waals surface area contributed by atoms with E-state index in [0.29, 0.717) is 0 Å². The van der Waals surface area contributed by atoms with Gasteiger partial charge in [0.25, 0.3) is 0 Å². The average molecular weight is 1200 g/mol. The van der Waals surface area contributed by atoms with E-state index in [1.165, 1.54) is 203 Å². The predicted octanol–water partition coefficient (Wildman–Crippen LogP) is 20.9. The van der Waals surface area contributed by atoms with Crippen LogP contribution in [0.2, 0.25) is 0 Å². The van der Waals surface area contributed by atoms with Crippen molar-refractivity contribution in [1.29, 1.82) is 0 Å². The normalized spacial score (nSPS) is 15.1. The summed E-state index contributed by atoms with van der Waals surface area (Å²) in [7, 11) is 0. The molecular formula is C88H84N4. The molecule has 0 unspecified atom stereocenters. The summed E-state index contributed by atoms with van der Waals surface area (Å²) in [6.45, 7) is 13.6. The van der Waals surface area contributed by atoms with E-state index in [2.05, 4.69) is 238 Å². The molecule has 17 rings (SSSR count). The van der Waals surface area contributed by atoms with Gasteiger partial charge in [-0.15, -0.1) is 0 Å². The number of unbranched alkanes of at least 4 members (excludes halogenated alkanes) is 4. The number of aryl methyl sites for hydroxylation is 4. The zero-order chi connectivity index (χ0) is 60.9. The Hall–Kier alpha value is -8.48. The van der Waals surface area contributed by atoms with Crippen LogP contribution in [0.25, 0.3) is 129 Å². The van der Waals surface area contributed by atoms with Crippen LogP contribution in [0.1, 0.15) is 73.6 Å². The Bertz CT molecular complexity index is 4520. The lowest BCUT2D eigenvalue weighted by Gasteiger charge is -2.34. The minimum absolute atomic E-state index is 1.12. The van der Waals surface area contributed by atoms with Crippen molar-refractivity contribution in [2.45, 2.75) is 77.0 Å². The lowest BCUT2D eigenvalue weighted by atomic mass is 9.90. The minimum Gasteiger partial charge on any atom is -0.301 e. The molecule has 0 bridgehead atoms. The van der Waals surface area contributed by atoms with E-state index < -0.39 is 0 Å². The fourth-order valence-corrected chi connectivity index (χ4v) is 17.1. The summed E-state index contributed by atoms with van der Waals surface area (Å²) >= 11 is 0. The first-order valence-electron chi connectivity index (χ1n) is 35.1. The summed E-state index contributed by atoms with van der Waals surface area (Å²) in [6, 6.07) is 83.9. The molecule has 1 heterocycles. The molecule has 0 atom stereocenters. The van der Waals surface area contributed by atoms with E-state index in [1.54, 1.807) is 0 Å². The van der Waals surface area contributed by atoms with Crippen LogP contribution >= 0.6 is 0 Å². The van der Waals surface area contributed by atoms with Crippen LogP contribution in [0.3, 0.4) is 0 Å². The van der Waals surface area contributed by atoms with Crippen LogP contribution in [-0.4, -0.2) is 98.1 Å². The van der Waals surface area contributed by atoms with E-state index in [1.807, 2.05) is 0 Å². The van der Waals surface area contributed by atoms with Crippen molar-refractivity contribution in [1.82, 2.24) is 19.6 Å². The third-order valence-corrected chi connectivity index (χ3v) is 22.1. The first-order chi connectivity index (χ1) is 45.6. The Kier molecular flexibility index (Phi) is 15.7. The van der Waals surface area contributed by atoms with Gasteiger partial charge in [-0.2, -0.15) is 0 Å². The standard InChI is InChI=1S/C88H84N4/c1(13-61-25-29-73-37-33-65-17-9-21-69-41-45-77(61)85(73)81(65)69)5-49-89-53-55-90(50-6-2-14-62-26-30-74-38-34-66-18-10-22-70-42-46-78(62)86(74)82(66)70)57-59-92(52-8-4-16-64-28-32-76-40-36-68-20-12-24-72-44-48-80(64)88(76)84(68)72)60-58-91(56-54-89)51-7-3-15-63-27-31-75-39-35-67-19-11-23-71-43-47-79(63)87(75)83(67)71/h9-12,17-48H,1-8,13-16,49-60H2. The second-order valence-electron chi connectivity index (χ2n) is 27.5. The first-order valence-corrected chi connectivity index (χ1v) is 35.1. The summed E-state index contributed by atoms with van der Waals surface area (Å²) in [5, 5.41) is 33.5. The molecule has 92 heavy (non-hydrogen) atoms. The molecule has 0 amide bonds. The van der Waals surface area contributed by atoms with E-state index in [0.717, 1.165) is 104 Å². The second kappa shape index (κ2) is 25.2. The van der Waals surface area contributed by atoms with E-state index in [-0.39, 0.29) is 0 Å². The summed E-state index contributed by atoms with van der Waals surface area (Å²) in [4.78, 5) is 11.5. The Morgan fingerprint density at radius 1 is 0.174 bits per heavy atom. The van der Waals surface area contributed by atoms with Crippen LogP contribution in [-0.2, 0) is 25.7 Å². The molecular weight excluding hydrogens is 1110 g/mol. The summed E-state index contributed by atoms with van der Waals surface area (Å²) in [6.07, 6.45) is 14.1. The molecule has 1 fully saturated rings. The molecule has 1 aliphatic heterocycles. The molecule has 0 N–H and O–H groups in total. The van der Waals surface area contributed by atoms with Gasteiger partial charge < -0.3 is 19.6 Å². The highest BCUT2D eigenvalue weighted by Gasteiger charge is 2.20. The molecule has 4 heteroatoms. The minimum atomic E-state index is 1.12. The summed E-state index contributed by atoms with van der Waals surface area (Å²) in [5.74, 6) is 0. The van der Waals surface area contributed by atoms with Gasteiger partial charge >= 0.3 is 0 Å². The Labute approximate surface area is 541 Å². The fraction of sp³-hybridized carbons (Fsp3) is 0.273. The maximum Gasteiger partial charge on any atom is 0.0110 e. The largest absolute Gasteiger partial charge is 0.301 e. The van der Waals surface area contributed by atoms with Crippen molar-refractivity contribution < 1.29 is 0 Å². The van der Waals surface area contributed by atoms with E-state index in [9.17, 15) is 0 Å². The van der Waals surface area contributed by atoms with Crippen molar-refractivity contribution in [3.63, 3.8) is 0 Å². The van der Waals surface area contributed by atoms with Gasteiger partial charge in [-0.1, -0.05) is 218 Å². The van der Waals surface area contributed by atoms with Crippen LogP contribution in [0.15, 0.2) is 218 Å². The monoisotopic (exact) mass is 1200 g/mol. The molecule has 4 nitrogen and oxygen atoms in total. The molecule has 456 valence electrons. The second-order valence-corrected chi connectivity index (χ2v) is 27.5. The number of hydrogen-bond acceptors (Lipinski definition) is 4. The topological polar surface area (TPSA) is 13.0 Å². The number of nitrogens with zero attached hydrogens (tertiary/aromatic N) is 4. The van der Waals surface area contributed by atoms with E-state index in [4.69, 9.17) is 0 Å². The average Bonchev–Trinajstić information content (AvgIpc) is 0.973. The van der Waals surface area contributed by atoms with Gasteiger partial charge in [0.1, 0.15) is 0 Å². The third kappa shape index (κ3) is 11.0. The summed E-state index contributed by atoms with van der Waals surface area (Å²) < 4.78 is 0. The van der Waals surface area contributed by atoms with Gasteiger partial charge in [0, 0.05) is 52.4 Å². The first kappa shape index (κ1) is 57.4. The lowest BCUT2D eigenvalue weighted by Crippen LogP contribution is -2.46. The quantitative estimate of drug-likeness (QED) is 0.0557. The molecule has 0 aromatic heterocycles. The maximum atomic E-state index is 2.87. The number of rotatable bonds is 20. The third-order valence-electron chi connectivity index (χ3n) is 22.1. The van der Waals surface area contributed by atoms with Crippen molar-refractivity contribution in [3.8, 4) is 0 Å². The SMILES string of the molecule is c1cc2ccc3ccc(CCCCN4CCN(CCCCc5ccc6ccc7cccc8ccc5c6c78)CCN(CCCCc5ccc6ccc7cccc8ccc5c6c78)CCN(CCCCc5ccc6ccc7cccc8ccc5c6c78)CC4)c4ccc(c1)c2c34. The van der Waals surface area contributed by atoms with Crippen molar-refractivity contribution >= 4 is 129 Å². The molecule has 16 aromatic rings. The van der Waals surface area contributed by atoms with Crippen LogP contribution < -0.4 is 0 Å². The van der Waals surface area contributed by atoms with E-state index >= 15 is 0 Å². The Morgan fingerprint density at radius 3 is 0.554 bits per heavy atom. The molecule has 1 saturated heterocycles. The molecule has 0 saturated carbocycles. The summed E-state index contributed by atoms with van der Waals surface area (Å²) in [5.41, 5.74) is 6.01. The number of benzene rings is 16. The Morgan fingerprint density at radius 2 is 0.348 bits per heavy atom. The fourth-order valence-electron chi connectivity index (χ4n) is 17.1. The highest BCUT2D eigenvalue weighted by Crippen LogP contribution is 2.41. The maximum absolute atomic E-state index is 2.87. The number of hydrogen-bond donors (Lipinski definition) is 0. The van der Waals surface area contributed by atoms with Gasteiger partial charge in [0.2, 0.25) is 0 Å². The van der Waals surface area contributed by atoms with Crippen molar-refractivity contribution in [3.05, 3.63) is 241 Å². The smallest absolute Gasteiger partial charge is 0.0110 e.